The van der Waals surface area contributed by atoms with E-state index in [1.165, 1.54) is 0 Å². The third-order valence-corrected chi connectivity index (χ3v) is 4.71. The number of carbonyl (C=O) groups is 1. The van der Waals surface area contributed by atoms with Gasteiger partial charge in [-0.1, -0.05) is 53.5 Å². The van der Waals surface area contributed by atoms with Crippen LogP contribution in [0.1, 0.15) is 10.4 Å². The highest BCUT2D eigenvalue weighted by Gasteiger charge is 2.19. The van der Waals surface area contributed by atoms with E-state index in [0.717, 1.165) is 0 Å². The number of fused-ring (bicyclic) bond motifs is 1. The van der Waals surface area contributed by atoms with Crippen LogP contribution in [0.3, 0.4) is 0 Å². The fraction of sp³-hybridized carbons (Fsp3) is 0. The van der Waals surface area contributed by atoms with Crippen LogP contribution in [0.15, 0.2) is 72.8 Å². The van der Waals surface area contributed by atoms with Crippen LogP contribution in [-0.4, -0.2) is 11.0 Å². The Kier molecular flexibility index (Phi) is 4.90. The predicted molar refractivity (Wildman–Crippen MR) is 108 cm³/mol. The summed E-state index contributed by atoms with van der Waals surface area (Å²) in [5, 5.41) is 13.6. The number of hydrogen-bond donors (Lipinski definition) is 0. The molecule has 0 amide bonds. The maximum absolute atomic E-state index is 12.1. The van der Waals surface area contributed by atoms with Crippen LogP contribution in [-0.2, 0) is 0 Å². The van der Waals surface area contributed by atoms with Gasteiger partial charge in [-0.15, -0.1) is 0 Å². The lowest BCUT2D eigenvalue weighted by Crippen LogP contribution is -2.23. The summed E-state index contributed by atoms with van der Waals surface area (Å²) >= 11 is 11.9. The topological polar surface area (TPSA) is 62.2 Å². The molecular weight excluding hydrogens is 397 g/mol. The molecule has 0 N–H and O–H groups in total. The highest BCUT2D eigenvalue weighted by atomic mass is 35.5. The Bertz CT molecular complexity index is 1170. The van der Waals surface area contributed by atoms with Gasteiger partial charge in [0.1, 0.15) is 11.4 Å². The average molecular weight is 409 g/mol. The number of pyridine rings is 1. The fourth-order valence-corrected chi connectivity index (χ4v) is 3.17. The smallest absolute Gasteiger partial charge is 0.163 e. The van der Waals surface area contributed by atoms with Crippen molar-refractivity contribution in [2.45, 2.75) is 0 Å². The summed E-state index contributed by atoms with van der Waals surface area (Å²) in [5.74, 6) is -0.819. The number of ether oxygens (including phenoxy) is 1. The second-order valence-electron chi connectivity index (χ2n) is 6.03. The number of aromatic nitrogens is 1. The first kappa shape index (κ1) is 18.3. The van der Waals surface area contributed by atoms with Crippen LogP contribution >= 0.6 is 23.2 Å². The molecule has 0 aliphatic rings. The van der Waals surface area contributed by atoms with Gasteiger partial charge < -0.3 is 14.6 Å². The number of carboxylic acids is 1. The minimum absolute atomic E-state index is 0.0644. The second-order valence-corrected chi connectivity index (χ2v) is 6.90. The highest BCUT2D eigenvalue weighted by Crippen LogP contribution is 2.39. The molecule has 0 radical (unpaired) electrons. The Morgan fingerprint density at radius 3 is 2.11 bits per heavy atom. The van der Waals surface area contributed by atoms with E-state index in [2.05, 4.69) is 4.98 Å². The number of nitrogens with zero attached hydrogens (tertiary/aromatic N) is 1. The van der Waals surface area contributed by atoms with E-state index in [9.17, 15) is 9.90 Å². The number of aromatic carboxylic acids is 1. The molecule has 4 nitrogen and oxygen atoms in total. The number of carboxylic acid groups (broad SMARTS) is 1. The molecule has 3 aromatic carbocycles. The van der Waals surface area contributed by atoms with Crippen LogP contribution in [0, 0.1) is 0 Å². The summed E-state index contributed by atoms with van der Waals surface area (Å²) in [6.07, 6.45) is 0. The zero-order chi connectivity index (χ0) is 19.7. The van der Waals surface area contributed by atoms with Gasteiger partial charge in [0.05, 0.1) is 17.0 Å². The molecule has 0 unspecified atom stereocenters. The number of benzene rings is 3. The molecule has 0 fully saturated rings. The summed E-state index contributed by atoms with van der Waals surface area (Å²) in [5.41, 5.74) is 1.51. The van der Waals surface area contributed by atoms with Crippen LogP contribution < -0.4 is 9.84 Å². The molecule has 0 atom stereocenters. The first-order valence-electron chi connectivity index (χ1n) is 8.36. The van der Waals surface area contributed by atoms with E-state index in [4.69, 9.17) is 27.9 Å². The van der Waals surface area contributed by atoms with E-state index in [-0.39, 0.29) is 11.3 Å². The minimum Gasteiger partial charge on any atom is -0.545 e. The second kappa shape index (κ2) is 7.50. The quantitative estimate of drug-likeness (QED) is 0.455. The van der Waals surface area contributed by atoms with Crippen molar-refractivity contribution in [3.8, 4) is 22.8 Å². The highest BCUT2D eigenvalue weighted by molar-refractivity contribution is 6.30. The lowest BCUT2D eigenvalue weighted by atomic mass is 10.0. The van der Waals surface area contributed by atoms with E-state index in [0.29, 0.717) is 38.0 Å². The van der Waals surface area contributed by atoms with Gasteiger partial charge in [-0.05, 0) is 42.5 Å². The Morgan fingerprint density at radius 2 is 1.46 bits per heavy atom. The zero-order valence-corrected chi connectivity index (χ0v) is 15.9. The van der Waals surface area contributed by atoms with E-state index < -0.39 is 5.97 Å². The molecular formula is C22H12Cl2NO3-. The lowest BCUT2D eigenvalue weighted by Gasteiger charge is -2.18. The van der Waals surface area contributed by atoms with Crippen molar-refractivity contribution >= 4 is 40.1 Å². The van der Waals surface area contributed by atoms with Crippen LogP contribution in [0.4, 0.5) is 0 Å². The largest absolute Gasteiger partial charge is 0.545 e. The molecule has 1 aromatic heterocycles. The van der Waals surface area contributed by atoms with Gasteiger partial charge in [-0.3, -0.25) is 0 Å². The van der Waals surface area contributed by atoms with Crippen LogP contribution in [0.2, 0.25) is 10.0 Å². The lowest BCUT2D eigenvalue weighted by molar-refractivity contribution is -0.254. The Morgan fingerprint density at radius 1 is 0.857 bits per heavy atom. The average Bonchev–Trinajstić information content (AvgIpc) is 2.69. The van der Waals surface area contributed by atoms with E-state index >= 15 is 0 Å². The first-order valence-corrected chi connectivity index (χ1v) is 9.12. The molecule has 1 heterocycles. The minimum atomic E-state index is -1.35. The summed E-state index contributed by atoms with van der Waals surface area (Å²) in [6.45, 7) is 0. The summed E-state index contributed by atoms with van der Waals surface area (Å²) in [6, 6.07) is 20.5. The van der Waals surface area contributed by atoms with Crippen molar-refractivity contribution in [1.82, 2.24) is 4.98 Å². The Hall–Kier alpha value is -3.08. The van der Waals surface area contributed by atoms with Gasteiger partial charge in [0.15, 0.2) is 5.75 Å². The maximum Gasteiger partial charge on any atom is 0.163 e. The van der Waals surface area contributed by atoms with Crippen molar-refractivity contribution in [1.29, 1.82) is 0 Å². The van der Waals surface area contributed by atoms with Crippen LogP contribution in [0.25, 0.3) is 22.2 Å². The molecule has 0 aliphatic carbocycles. The molecule has 6 heteroatoms. The molecule has 0 bridgehead atoms. The maximum atomic E-state index is 12.1. The number of hydrogen-bond acceptors (Lipinski definition) is 4. The standard InChI is InChI=1S/C22H13Cl2NO3/c23-14-7-5-13(6-8-14)20-21(28-16-11-9-15(24)10-12-16)19(22(26)27)17-3-1-2-4-18(17)25-20/h1-12H,(H,26,27)/p-1. The molecule has 0 saturated heterocycles. The monoisotopic (exact) mass is 408 g/mol. The van der Waals surface area contributed by atoms with E-state index in [1.807, 2.05) is 0 Å². The van der Waals surface area contributed by atoms with Gasteiger partial charge in [-0.25, -0.2) is 4.98 Å². The van der Waals surface area contributed by atoms with Crippen molar-refractivity contribution < 1.29 is 14.6 Å². The zero-order valence-electron chi connectivity index (χ0n) is 14.4. The van der Waals surface area contributed by atoms with Gasteiger partial charge >= 0.3 is 0 Å². The Labute approximate surface area is 170 Å². The predicted octanol–water partition coefficient (Wildman–Crippen LogP) is 5.36. The third-order valence-electron chi connectivity index (χ3n) is 4.20. The van der Waals surface area contributed by atoms with Gasteiger partial charge in [0.25, 0.3) is 0 Å². The van der Waals surface area contributed by atoms with Crippen molar-refractivity contribution in [2.24, 2.45) is 0 Å². The molecule has 138 valence electrons. The Balaban J connectivity index is 2.01. The first-order chi connectivity index (χ1) is 13.5. The number of halogens is 2. The van der Waals surface area contributed by atoms with Crippen molar-refractivity contribution in [2.75, 3.05) is 0 Å². The summed E-state index contributed by atoms with van der Waals surface area (Å²) in [4.78, 5) is 16.7. The SMILES string of the molecule is O=C([O-])c1c(Oc2ccc(Cl)cc2)c(-c2ccc(Cl)cc2)nc2ccccc12. The summed E-state index contributed by atoms with van der Waals surface area (Å²) in [7, 11) is 0. The molecule has 28 heavy (non-hydrogen) atoms. The molecule has 4 rings (SSSR count). The molecule has 4 aromatic rings. The fourth-order valence-electron chi connectivity index (χ4n) is 2.92. The molecule has 0 saturated carbocycles. The third kappa shape index (κ3) is 3.52. The van der Waals surface area contributed by atoms with E-state index in [1.54, 1.807) is 72.8 Å². The van der Waals surface area contributed by atoms with Gasteiger partial charge in [0.2, 0.25) is 0 Å². The van der Waals surface area contributed by atoms with Crippen molar-refractivity contribution in [3.63, 3.8) is 0 Å². The summed E-state index contributed by atoms with van der Waals surface area (Å²) < 4.78 is 5.97. The molecule has 0 aliphatic heterocycles. The normalized spacial score (nSPS) is 10.8. The van der Waals surface area contributed by atoms with Gasteiger partial charge in [0, 0.05) is 21.0 Å². The van der Waals surface area contributed by atoms with Gasteiger partial charge in [-0.2, -0.15) is 0 Å². The number of para-hydroxylation sites is 1. The van der Waals surface area contributed by atoms with Crippen molar-refractivity contribution in [3.05, 3.63) is 88.4 Å². The van der Waals surface area contributed by atoms with Crippen LogP contribution in [0.5, 0.6) is 11.5 Å². The number of rotatable bonds is 4. The molecule has 0 spiro atoms. The number of carbonyl (C=O) groups excluding carboxylic acids is 1.